The lowest BCUT2D eigenvalue weighted by Crippen LogP contribution is -2.60. The molecule has 1 N–H and O–H groups in total. The predicted molar refractivity (Wildman–Crippen MR) is 142 cm³/mol. The van der Waals surface area contributed by atoms with E-state index in [9.17, 15) is 0 Å². The van der Waals surface area contributed by atoms with E-state index in [-0.39, 0.29) is 11.1 Å². The fourth-order valence-corrected chi connectivity index (χ4v) is 12.1. The van der Waals surface area contributed by atoms with Gasteiger partial charge in [-0.1, -0.05) is 43.2 Å². The Kier molecular flexibility index (Phi) is 7.27. The smallest absolute Gasteiger partial charge is 0.134 e. The van der Waals surface area contributed by atoms with Crippen LogP contribution in [0.25, 0.3) is 15.7 Å². The van der Waals surface area contributed by atoms with Crippen molar-refractivity contribution in [3.05, 3.63) is 40.3 Å². The largest absolute Gasteiger partial charge is 0.376 e. The minimum Gasteiger partial charge on any atom is -0.376 e. The third kappa shape index (κ3) is 5.71. The molecular weight excluding hydrogens is 414 g/mol. The van der Waals surface area contributed by atoms with Gasteiger partial charge in [-0.05, 0) is 90.4 Å². The molecule has 1 aliphatic rings. The van der Waals surface area contributed by atoms with Crippen LogP contribution in [0.2, 0.25) is 12.6 Å². The van der Waals surface area contributed by atoms with Crippen molar-refractivity contribution in [2.45, 2.75) is 104 Å². The number of allylic oxidation sites excluding steroid dienone is 2. The van der Waals surface area contributed by atoms with E-state index in [2.05, 4.69) is 91.2 Å². The van der Waals surface area contributed by atoms with Crippen LogP contribution in [0.15, 0.2) is 29.8 Å². The van der Waals surface area contributed by atoms with E-state index < -0.39 is 8.24 Å². The van der Waals surface area contributed by atoms with Crippen molar-refractivity contribution in [2.24, 2.45) is 0 Å². The summed E-state index contributed by atoms with van der Waals surface area (Å²) < 4.78 is 7.39. The summed E-state index contributed by atoms with van der Waals surface area (Å²) in [5.74, 6) is 0. The Balaban J connectivity index is 1.85. The molecule has 2 aromatic rings. The topological polar surface area (TPSA) is 21.3 Å². The highest BCUT2D eigenvalue weighted by molar-refractivity contribution is 7.20. The first-order chi connectivity index (χ1) is 14.3. The molecule has 0 spiro atoms. The molecule has 1 aliphatic carbocycles. The monoisotopic (exact) mass is 457 g/mol. The summed E-state index contributed by atoms with van der Waals surface area (Å²) in [6.45, 7) is 21.7. The Morgan fingerprint density at radius 3 is 2.32 bits per heavy atom. The predicted octanol–water partition coefficient (Wildman–Crippen LogP) is 8.28. The number of fused-ring (bicyclic) bond motifs is 3. The maximum absolute atomic E-state index is 5.95. The van der Waals surface area contributed by atoms with Crippen LogP contribution in [0.4, 0.5) is 0 Å². The summed E-state index contributed by atoms with van der Waals surface area (Å²) in [6, 6.07) is 10.3. The molecular formula is C27H43NOSSi. The molecule has 2 unspecified atom stereocenters. The second-order valence-electron chi connectivity index (χ2n) is 11.6. The fraction of sp³-hybridized carbons (Fsp3) is 0.630. The van der Waals surface area contributed by atoms with E-state index >= 15 is 0 Å². The molecule has 1 aromatic carbocycles. The van der Waals surface area contributed by atoms with E-state index in [1.165, 1.54) is 39.4 Å². The first-order valence-electron chi connectivity index (χ1n) is 11.9. The minimum atomic E-state index is -1.83. The van der Waals surface area contributed by atoms with E-state index in [1.54, 1.807) is 11.1 Å². The lowest BCUT2D eigenvalue weighted by molar-refractivity contribution is -0.00462. The van der Waals surface area contributed by atoms with Crippen LogP contribution in [0, 0.1) is 0 Å². The van der Waals surface area contributed by atoms with Crippen LogP contribution in [0.5, 0.6) is 0 Å². The number of hydrogen-bond acceptors (Lipinski definition) is 3. The molecule has 0 aliphatic heterocycles. The summed E-state index contributed by atoms with van der Waals surface area (Å²) in [4.78, 5) is 5.75. The third-order valence-corrected chi connectivity index (χ3v) is 12.5. The Morgan fingerprint density at radius 1 is 1.00 bits per heavy atom. The quantitative estimate of drug-likeness (QED) is 0.318. The van der Waals surface area contributed by atoms with Crippen molar-refractivity contribution in [2.75, 3.05) is 6.61 Å². The summed E-state index contributed by atoms with van der Waals surface area (Å²) in [7, 11) is -1.83. The van der Waals surface area contributed by atoms with Gasteiger partial charge < -0.3 is 9.72 Å². The molecule has 0 fully saturated rings. The number of benzene rings is 1. The lowest BCUT2D eigenvalue weighted by Gasteiger charge is -2.42. The second-order valence-corrected chi connectivity index (χ2v) is 16.9. The molecule has 31 heavy (non-hydrogen) atoms. The molecule has 3 rings (SSSR count). The second kappa shape index (κ2) is 9.13. The Morgan fingerprint density at radius 2 is 1.68 bits per heavy atom. The molecule has 1 aromatic heterocycles. The number of nitrogens with one attached hydrogen (secondary N) is 1. The van der Waals surface area contributed by atoms with E-state index in [0.717, 1.165) is 13.0 Å². The van der Waals surface area contributed by atoms with Gasteiger partial charge in [0.05, 0.1) is 5.60 Å². The van der Waals surface area contributed by atoms with Crippen molar-refractivity contribution in [3.8, 4) is 0 Å². The average Bonchev–Trinajstić information content (AvgIpc) is 3.11. The number of unbranched alkanes of at least 4 members (excludes halogenated alkanes) is 2. The van der Waals surface area contributed by atoms with Crippen LogP contribution in [-0.4, -0.2) is 26.0 Å². The fourth-order valence-electron chi connectivity index (χ4n) is 5.32. The molecule has 0 bridgehead atoms. The van der Waals surface area contributed by atoms with Crippen molar-refractivity contribution in [1.82, 2.24) is 4.98 Å². The molecule has 4 heteroatoms. The van der Waals surface area contributed by atoms with Crippen molar-refractivity contribution >= 4 is 35.2 Å². The molecule has 0 saturated carbocycles. The Hall–Kier alpha value is -0.943. The molecule has 2 atom stereocenters. The first kappa shape index (κ1) is 24.7. The number of hydrogen-bond donors (Lipinski definition) is 1. The highest BCUT2D eigenvalue weighted by Crippen LogP contribution is 2.53. The van der Waals surface area contributed by atoms with Crippen molar-refractivity contribution < 1.29 is 4.74 Å². The summed E-state index contributed by atoms with van der Waals surface area (Å²) >= 11 is 1.99. The van der Waals surface area contributed by atoms with Crippen LogP contribution < -0.4 is 4.98 Å². The minimum absolute atomic E-state index is 0.0310. The standard InChI is InChI=1S/C27H43NOSSi/c1-19-20(2)25(23-21-15-11-12-16-22(21)30-24(19)23)31(9,28-26(3,4)5)18-14-10-13-17-29-27(6,7)8/h11-12,15-16,25,28H,10,13-14,17-18H2,1-9H3. The normalized spacial score (nSPS) is 19.2. The maximum Gasteiger partial charge on any atom is 0.134 e. The van der Waals surface area contributed by atoms with Gasteiger partial charge in [0.2, 0.25) is 0 Å². The zero-order valence-corrected chi connectivity index (χ0v) is 23.1. The summed E-state index contributed by atoms with van der Waals surface area (Å²) in [6.07, 6.45) is 3.68. The van der Waals surface area contributed by atoms with Gasteiger partial charge in [0.25, 0.3) is 0 Å². The SMILES string of the molecule is CC1=C(C)C([Si](C)(CCCCCOC(C)(C)C)NC(C)(C)C)c2c1sc1ccccc21. The molecule has 1 heterocycles. The van der Waals surface area contributed by atoms with Crippen LogP contribution >= 0.6 is 11.3 Å². The summed E-state index contributed by atoms with van der Waals surface area (Å²) in [5.41, 5.74) is 5.40. The van der Waals surface area contributed by atoms with Crippen LogP contribution in [0.1, 0.15) is 90.6 Å². The molecule has 0 radical (unpaired) electrons. The van der Waals surface area contributed by atoms with Gasteiger partial charge in [0, 0.05) is 27.3 Å². The zero-order valence-electron chi connectivity index (χ0n) is 21.2. The molecule has 0 saturated heterocycles. The van der Waals surface area contributed by atoms with Crippen LogP contribution in [0.3, 0.4) is 0 Å². The van der Waals surface area contributed by atoms with E-state index in [4.69, 9.17) is 4.74 Å². The van der Waals surface area contributed by atoms with Gasteiger partial charge >= 0.3 is 0 Å². The van der Waals surface area contributed by atoms with Gasteiger partial charge in [-0.15, -0.1) is 11.3 Å². The number of ether oxygens (including phenoxy) is 1. The first-order valence-corrected chi connectivity index (χ1v) is 15.5. The molecule has 0 amide bonds. The van der Waals surface area contributed by atoms with Gasteiger partial charge in [-0.3, -0.25) is 0 Å². The summed E-state index contributed by atoms with van der Waals surface area (Å²) in [5, 5.41) is 1.48. The van der Waals surface area contributed by atoms with Crippen LogP contribution in [-0.2, 0) is 4.74 Å². The average molecular weight is 458 g/mol. The zero-order chi connectivity index (χ0) is 23.0. The number of thiophene rings is 1. The van der Waals surface area contributed by atoms with E-state index in [1.807, 2.05) is 11.3 Å². The molecule has 2 nitrogen and oxygen atoms in total. The third-order valence-electron chi connectivity index (χ3n) is 6.46. The van der Waals surface area contributed by atoms with Crippen molar-refractivity contribution in [1.29, 1.82) is 0 Å². The van der Waals surface area contributed by atoms with Gasteiger partial charge in [0.15, 0.2) is 0 Å². The molecule has 172 valence electrons. The van der Waals surface area contributed by atoms with Gasteiger partial charge in [-0.2, -0.15) is 0 Å². The number of rotatable bonds is 8. The van der Waals surface area contributed by atoms with Gasteiger partial charge in [-0.25, -0.2) is 0 Å². The van der Waals surface area contributed by atoms with Gasteiger partial charge in [0.1, 0.15) is 8.24 Å². The maximum atomic E-state index is 5.95. The Bertz CT molecular complexity index is 946. The highest BCUT2D eigenvalue weighted by atomic mass is 32.1. The van der Waals surface area contributed by atoms with Crippen molar-refractivity contribution in [3.63, 3.8) is 0 Å². The van der Waals surface area contributed by atoms with E-state index in [0.29, 0.717) is 5.54 Å². The Labute approximate surface area is 195 Å². The highest BCUT2D eigenvalue weighted by Gasteiger charge is 2.46. The lowest BCUT2D eigenvalue weighted by atomic mass is 10.1.